The quantitative estimate of drug-likeness (QED) is 0.569. The largest absolute Gasteiger partial charge is 0.495 e. The van der Waals surface area contributed by atoms with Crippen LogP contribution in [0.3, 0.4) is 0 Å². The first-order valence-corrected chi connectivity index (χ1v) is 11.2. The van der Waals surface area contributed by atoms with Crippen LogP contribution in [0.4, 0.5) is 11.4 Å². The van der Waals surface area contributed by atoms with E-state index in [1.165, 1.54) is 49.5 Å². The monoisotopic (exact) mass is 447 g/mol. The summed E-state index contributed by atoms with van der Waals surface area (Å²) >= 11 is 0. The summed E-state index contributed by atoms with van der Waals surface area (Å²) in [6, 6.07) is 10.6. The average Bonchev–Trinajstić information content (AvgIpc) is 3.19. The second kappa shape index (κ2) is 9.80. The molecule has 0 unspecified atom stereocenters. The van der Waals surface area contributed by atoms with Crippen LogP contribution in [0, 0.1) is 0 Å². The van der Waals surface area contributed by atoms with Gasteiger partial charge in [-0.1, -0.05) is 12.1 Å². The van der Waals surface area contributed by atoms with E-state index in [1.54, 1.807) is 12.1 Å². The molecule has 1 heterocycles. The van der Waals surface area contributed by atoms with Gasteiger partial charge in [0.1, 0.15) is 5.75 Å². The summed E-state index contributed by atoms with van der Waals surface area (Å²) in [6.07, 6.45) is 1.10. The van der Waals surface area contributed by atoms with Crippen LogP contribution in [-0.2, 0) is 19.6 Å². The molecular weight excluding hydrogens is 422 g/mol. The number of nitrogens with zero attached hydrogens (tertiary/aromatic N) is 1. The Labute approximate surface area is 181 Å². The fourth-order valence-corrected chi connectivity index (χ4v) is 4.39. The number of anilines is 2. The highest BCUT2D eigenvalue weighted by Crippen LogP contribution is 2.34. The first-order chi connectivity index (χ1) is 14.9. The smallest absolute Gasteiger partial charge is 0.261 e. The van der Waals surface area contributed by atoms with Crippen LogP contribution in [0.5, 0.6) is 5.75 Å². The van der Waals surface area contributed by atoms with E-state index >= 15 is 0 Å². The van der Waals surface area contributed by atoms with Crippen molar-refractivity contribution in [3.05, 3.63) is 48.0 Å². The number of nitrogens with one attached hydrogen (secondary N) is 2. The molecule has 10 heteroatoms. The van der Waals surface area contributed by atoms with Gasteiger partial charge in [-0.25, -0.2) is 8.42 Å². The topological polar surface area (TPSA) is 114 Å². The molecule has 2 amide bonds. The van der Waals surface area contributed by atoms with Crippen LogP contribution in [0.2, 0.25) is 0 Å². The maximum Gasteiger partial charge on any atom is 0.261 e. The van der Waals surface area contributed by atoms with Crippen molar-refractivity contribution in [3.63, 3.8) is 0 Å². The number of carbonyl (C=O) groups is 2. The first kappa shape index (κ1) is 22.6. The third-order valence-corrected chi connectivity index (χ3v) is 6.20. The van der Waals surface area contributed by atoms with Crippen LogP contribution in [-0.4, -0.2) is 54.1 Å². The molecule has 2 N–H and O–H groups in total. The zero-order valence-corrected chi connectivity index (χ0v) is 18.2. The Morgan fingerprint density at radius 1 is 1.16 bits per heavy atom. The fourth-order valence-electron chi connectivity index (χ4n) is 3.29. The lowest BCUT2D eigenvalue weighted by Gasteiger charge is -2.20. The molecule has 0 aromatic heterocycles. The summed E-state index contributed by atoms with van der Waals surface area (Å²) < 4.78 is 38.9. The van der Waals surface area contributed by atoms with Crippen LogP contribution >= 0.6 is 0 Å². The molecule has 2 aromatic rings. The van der Waals surface area contributed by atoms with Gasteiger partial charge < -0.3 is 19.7 Å². The molecule has 1 aliphatic rings. The van der Waals surface area contributed by atoms with Crippen LogP contribution in [0.25, 0.3) is 0 Å². The van der Waals surface area contributed by atoms with Gasteiger partial charge in [0.25, 0.3) is 15.9 Å². The van der Waals surface area contributed by atoms with Crippen molar-refractivity contribution in [1.29, 1.82) is 0 Å². The fraction of sp³-hybridized carbons (Fsp3) is 0.333. The second-order valence-electron chi connectivity index (χ2n) is 6.88. The summed E-state index contributed by atoms with van der Waals surface area (Å²) in [6.45, 7) is 1.13. The number of ether oxygens (including phenoxy) is 2. The Morgan fingerprint density at radius 2 is 1.94 bits per heavy atom. The third kappa shape index (κ3) is 5.15. The number of hydrogen-bond donors (Lipinski definition) is 2. The summed E-state index contributed by atoms with van der Waals surface area (Å²) in [4.78, 5) is 26.1. The van der Waals surface area contributed by atoms with Crippen LogP contribution in [0.1, 0.15) is 23.2 Å². The minimum Gasteiger partial charge on any atom is -0.495 e. The zero-order valence-electron chi connectivity index (χ0n) is 17.4. The van der Waals surface area contributed by atoms with Gasteiger partial charge in [0, 0.05) is 26.6 Å². The van der Waals surface area contributed by atoms with Crippen LogP contribution < -0.4 is 19.7 Å². The van der Waals surface area contributed by atoms with Crippen molar-refractivity contribution in [2.75, 3.05) is 43.5 Å². The number of para-hydroxylation sites is 1. The van der Waals surface area contributed by atoms with Crippen molar-refractivity contribution >= 4 is 33.2 Å². The second-order valence-corrected chi connectivity index (χ2v) is 8.56. The molecule has 9 nitrogen and oxygen atoms in total. The molecule has 0 spiro atoms. The van der Waals surface area contributed by atoms with Gasteiger partial charge in [0.15, 0.2) is 0 Å². The number of benzene rings is 2. The average molecular weight is 448 g/mol. The van der Waals surface area contributed by atoms with E-state index < -0.39 is 15.9 Å². The van der Waals surface area contributed by atoms with Crippen molar-refractivity contribution in [1.82, 2.24) is 5.32 Å². The molecule has 166 valence electrons. The SMILES string of the molecule is COCCNC(=O)c1ccccc1NS(=O)(=O)c1ccc(OC)c(N2CCCC2=O)c1. The van der Waals surface area contributed by atoms with Crippen molar-refractivity contribution in [2.24, 2.45) is 0 Å². The summed E-state index contributed by atoms with van der Waals surface area (Å²) in [5.41, 5.74) is 0.733. The van der Waals surface area contributed by atoms with Crippen LogP contribution in [0.15, 0.2) is 47.4 Å². The molecule has 1 saturated heterocycles. The van der Waals surface area contributed by atoms with E-state index in [0.29, 0.717) is 44.0 Å². The van der Waals surface area contributed by atoms with E-state index in [-0.39, 0.29) is 22.1 Å². The molecule has 0 saturated carbocycles. The predicted octanol–water partition coefficient (Wildman–Crippen LogP) is 2.00. The normalized spacial score (nSPS) is 13.9. The molecule has 0 radical (unpaired) electrons. The molecule has 1 fully saturated rings. The van der Waals surface area contributed by atoms with Crippen molar-refractivity contribution in [3.8, 4) is 5.75 Å². The van der Waals surface area contributed by atoms with E-state index in [0.717, 1.165) is 0 Å². The standard InChI is InChI=1S/C21H25N3O6S/c1-29-13-11-22-21(26)16-6-3-4-7-17(16)23-31(27,28)15-9-10-19(30-2)18(14-15)24-12-5-8-20(24)25/h3-4,6-7,9-10,14,23H,5,8,11-13H2,1-2H3,(H,22,26). The number of methoxy groups -OCH3 is 2. The maximum atomic E-state index is 13.1. The highest BCUT2D eigenvalue weighted by atomic mass is 32.2. The van der Waals surface area contributed by atoms with Gasteiger partial charge in [-0.05, 0) is 36.8 Å². The molecule has 2 aromatic carbocycles. The lowest BCUT2D eigenvalue weighted by Crippen LogP contribution is -2.28. The molecular formula is C21H25N3O6S. The molecule has 1 aliphatic heterocycles. The maximum absolute atomic E-state index is 13.1. The summed E-state index contributed by atoms with van der Waals surface area (Å²) in [5.74, 6) is -0.0977. The number of sulfonamides is 1. The molecule has 0 aliphatic carbocycles. The first-order valence-electron chi connectivity index (χ1n) is 9.75. The highest BCUT2D eigenvalue weighted by Gasteiger charge is 2.27. The summed E-state index contributed by atoms with van der Waals surface area (Å²) in [5, 5.41) is 2.67. The van der Waals surface area contributed by atoms with Gasteiger partial charge in [-0.2, -0.15) is 0 Å². The number of rotatable bonds is 9. The van der Waals surface area contributed by atoms with Gasteiger partial charge in [-0.15, -0.1) is 0 Å². The lowest BCUT2D eigenvalue weighted by molar-refractivity contribution is -0.117. The van der Waals surface area contributed by atoms with E-state index in [2.05, 4.69) is 10.0 Å². The predicted molar refractivity (Wildman–Crippen MR) is 116 cm³/mol. The Bertz CT molecular complexity index is 1070. The van der Waals surface area contributed by atoms with Gasteiger partial charge in [0.05, 0.1) is 35.6 Å². The van der Waals surface area contributed by atoms with Crippen molar-refractivity contribution < 1.29 is 27.5 Å². The Kier molecular flexibility index (Phi) is 7.13. The Hall–Kier alpha value is -3.11. The highest BCUT2D eigenvalue weighted by molar-refractivity contribution is 7.92. The number of amides is 2. The molecule has 0 bridgehead atoms. The molecule has 0 atom stereocenters. The number of hydrogen-bond acceptors (Lipinski definition) is 6. The number of carbonyl (C=O) groups excluding carboxylic acids is 2. The van der Waals surface area contributed by atoms with Gasteiger partial charge in [-0.3, -0.25) is 14.3 Å². The van der Waals surface area contributed by atoms with E-state index in [4.69, 9.17) is 9.47 Å². The van der Waals surface area contributed by atoms with Crippen molar-refractivity contribution in [2.45, 2.75) is 17.7 Å². The Morgan fingerprint density at radius 3 is 2.61 bits per heavy atom. The molecule has 31 heavy (non-hydrogen) atoms. The Balaban J connectivity index is 1.90. The van der Waals surface area contributed by atoms with E-state index in [9.17, 15) is 18.0 Å². The third-order valence-electron chi connectivity index (χ3n) is 4.83. The summed E-state index contributed by atoms with van der Waals surface area (Å²) in [7, 11) is -1.05. The van der Waals surface area contributed by atoms with Gasteiger partial charge >= 0.3 is 0 Å². The zero-order chi connectivity index (χ0) is 22.4. The lowest BCUT2D eigenvalue weighted by atomic mass is 10.2. The minimum atomic E-state index is -4.04. The molecule has 3 rings (SSSR count). The minimum absolute atomic E-state index is 0.0439. The van der Waals surface area contributed by atoms with Gasteiger partial charge in [0.2, 0.25) is 5.91 Å². The van der Waals surface area contributed by atoms with E-state index in [1.807, 2.05) is 0 Å².